The van der Waals surface area contributed by atoms with E-state index in [2.05, 4.69) is 36.7 Å². The first-order valence-corrected chi connectivity index (χ1v) is 29.3. The van der Waals surface area contributed by atoms with Crippen LogP contribution >= 0.6 is 0 Å². The van der Waals surface area contributed by atoms with Crippen LogP contribution in [0.1, 0.15) is 132 Å². The number of likely N-dealkylation sites (tertiary alicyclic amines) is 1. The average Bonchev–Trinajstić information content (AvgIpc) is 4.11. The van der Waals surface area contributed by atoms with E-state index in [1.165, 1.54) is 19.1 Å². The quantitative estimate of drug-likeness (QED) is 0.0359. The van der Waals surface area contributed by atoms with E-state index < -0.39 is 103 Å². The van der Waals surface area contributed by atoms with Crippen molar-refractivity contribution < 1.29 is 62.6 Å². The number of ether oxygens (including phenoxy) is 2. The number of nitrogens with zero attached hydrogens (tertiary/aromatic N) is 3. The van der Waals surface area contributed by atoms with Crippen LogP contribution < -0.4 is 43.5 Å². The van der Waals surface area contributed by atoms with Crippen LogP contribution in [0.4, 0.5) is 15.3 Å². The van der Waals surface area contributed by atoms with Crippen molar-refractivity contribution in [3.8, 4) is 0 Å². The Morgan fingerprint density at radius 2 is 1.38 bits per heavy atom. The Bertz CT molecular complexity index is 2470. The number of carbonyl (C=O) groups excluding carboxylic acids is 9. The summed E-state index contributed by atoms with van der Waals surface area (Å²) in [6.45, 7) is 20.1. The summed E-state index contributed by atoms with van der Waals surface area (Å²) in [5.74, 6) is -0.346. The van der Waals surface area contributed by atoms with Gasteiger partial charge in [0.25, 0.3) is 0 Å². The molecule has 84 heavy (non-hydrogen) atoms. The zero-order valence-corrected chi connectivity index (χ0v) is 51.8. The third kappa shape index (κ3) is 21.0. The number of nitrogens with one attached hydrogen (secondary N) is 6. The lowest BCUT2D eigenvalue weighted by Gasteiger charge is -2.41. The number of nitrogens with two attached hydrogens (primary N) is 2. The van der Waals surface area contributed by atoms with Crippen molar-refractivity contribution >= 4 is 59.2 Å². The summed E-state index contributed by atoms with van der Waals surface area (Å²) < 4.78 is 11.6. The number of methoxy groups -OCH3 is 1. The molecule has 1 saturated heterocycles. The van der Waals surface area contributed by atoms with E-state index in [-0.39, 0.29) is 79.8 Å². The molecule has 10 amide bonds. The van der Waals surface area contributed by atoms with Gasteiger partial charge in [0.1, 0.15) is 37.4 Å². The maximum absolute atomic E-state index is 14.7. The first kappa shape index (κ1) is 71.4. The summed E-state index contributed by atoms with van der Waals surface area (Å²) in [4.78, 5) is 130. The minimum Gasteiger partial charge on any atom is -0.445 e. The number of carbonyl (C=O) groups is 9. The lowest BCUT2D eigenvalue weighted by atomic mass is 9.84. The monoisotopic (exact) mass is 1180 g/mol. The Balaban J connectivity index is 1.69. The van der Waals surface area contributed by atoms with Crippen molar-refractivity contribution in [3.63, 3.8) is 0 Å². The molecule has 12 atom stereocenters. The molecule has 11 N–H and O–H groups in total. The van der Waals surface area contributed by atoms with Crippen molar-refractivity contribution in [1.29, 1.82) is 0 Å². The molecule has 24 nitrogen and oxygen atoms in total. The normalized spacial score (nSPS) is 17.2. The first-order chi connectivity index (χ1) is 39.6. The number of amides is 10. The number of likely N-dealkylation sites (N-methyl/N-ethyl adjacent to an activating group) is 2. The fourth-order valence-electron chi connectivity index (χ4n) is 10.9. The smallest absolute Gasteiger partial charge is 0.410 e. The lowest BCUT2D eigenvalue weighted by Crippen LogP contribution is -2.59. The Labute approximate surface area is 496 Å². The summed E-state index contributed by atoms with van der Waals surface area (Å²) in [6, 6.07) is 9.20. The van der Waals surface area contributed by atoms with Crippen molar-refractivity contribution in [2.75, 3.05) is 46.2 Å². The Morgan fingerprint density at radius 1 is 0.750 bits per heavy atom. The Kier molecular flexibility index (Phi) is 29.6. The van der Waals surface area contributed by atoms with Crippen LogP contribution in [0.2, 0.25) is 0 Å². The zero-order valence-electron chi connectivity index (χ0n) is 51.8. The van der Waals surface area contributed by atoms with Gasteiger partial charge in [-0.3, -0.25) is 43.3 Å². The fourth-order valence-corrected chi connectivity index (χ4v) is 10.9. The molecule has 2 aromatic carbocycles. The van der Waals surface area contributed by atoms with E-state index in [0.717, 1.165) is 6.42 Å². The van der Waals surface area contributed by atoms with Crippen molar-refractivity contribution in [2.45, 2.75) is 176 Å². The molecule has 0 aromatic heterocycles. The lowest BCUT2D eigenvalue weighted by molar-refractivity contribution is -0.144. The highest BCUT2D eigenvalue weighted by Crippen LogP contribution is 2.31. The average molecular weight is 1180 g/mol. The van der Waals surface area contributed by atoms with E-state index in [0.29, 0.717) is 36.2 Å². The van der Waals surface area contributed by atoms with Gasteiger partial charge in [0.2, 0.25) is 41.4 Å². The van der Waals surface area contributed by atoms with Crippen LogP contribution in [-0.4, -0.2) is 163 Å². The van der Waals surface area contributed by atoms with Gasteiger partial charge in [0.05, 0.1) is 30.2 Å². The second-order valence-corrected chi connectivity index (χ2v) is 23.3. The van der Waals surface area contributed by atoms with Crippen molar-refractivity contribution in [3.05, 3.63) is 65.7 Å². The Hall–Kier alpha value is -6.89. The molecule has 24 heteroatoms. The van der Waals surface area contributed by atoms with Crippen LogP contribution in [0, 0.1) is 35.5 Å². The van der Waals surface area contributed by atoms with Crippen LogP contribution in [0.3, 0.4) is 0 Å². The molecule has 2 aromatic rings. The van der Waals surface area contributed by atoms with Gasteiger partial charge in [-0.25, -0.2) is 15.5 Å². The van der Waals surface area contributed by atoms with Gasteiger partial charge in [-0.1, -0.05) is 118 Å². The minimum atomic E-state index is -1.09. The molecule has 0 bridgehead atoms. The van der Waals surface area contributed by atoms with Crippen LogP contribution in [-0.2, 0) is 54.5 Å². The molecule has 1 aliphatic heterocycles. The summed E-state index contributed by atoms with van der Waals surface area (Å²) in [5.41, 5.74) is 6.76. The maximum atomic E-state index is 14.7. The maximum Gasteiger partial charge on any atom is 0.410 e. The highest BCUT2D eigenvalue weighted by Gasteiger charge is 2.43. The summed E-state index contributed by atoms with van der Waals surface area (Å²) >= 11 is 0. The van der Waals surface area contributed by atoms with Crippen LogP contribution in [0.15, 0.2) is 54.6 Å². The summed E-state index contributed by atoms with van der Waals surface area (Å²) in [7, 11) is 4.68. The van der Waals surface area contributed by atoms with Gasteiger partial charge in [-0.05, 0) is 85.5 Å². The number of aliphatic hydroxyl groups is 1. The number of primary amides is 1. The van der Waals surface area contributed by atoms with E-state index >= 15 is 0 Å². The molecule has 1 aliphatic rings. The molecular weight excluding hydrogens is 1080 g/mol. The fraction of sp³-hybridized carbons (Fsp3) is 0.650. The molecular formula is C60H97N11O13. The van der Waals surface area contributed by atoms with E-state index in [1.807, 2.05) is 52.8 Å². The molecule has 1 unspecified atom stereocenters. The molecule has 0 spiro atoms. The number of hydrogen-bond acceptors (Lipinski definition) is 14. The predicted octanol–water partition coefficient (Wildman–Crippen LogP) is 4.10. The third-order valence-corrected chi connectivity index (χ3v) is 15.8. The molecule has 0 saturated carbocycles. The van der Waals surface area contributed by atoms with Gasteiger partial charge in [0, 0.05) is 52.4 Å². The first-order valence-electron chi connectivity index (χ1n) is 29.3. The number of rotatable bonds is 33. The van der Waals surface area contributed by atoms with E-state index in [4.69, 9.17) is 21.1 Å². The molecule has 0 aliphatic carbocycles. The predicted molar refractivity (Wildman–Crippen MR) is 318 cm³/mol. The molecule has 3 rings (SSSR count). The third-order valence-electron chi connectivity index (χ3n) is 15.8. The summed E-state index contributed by atoms with van der Waals surface area (Å²) in [6.07, 6.45) is 0.186. The molecule has 470 valence electrons. The number of anilines is 1. The van der Waals surface area contributed by atoms with Gasteiger partial charge in [-0.2, -0.15) is 0 Å². The number of benzene rings is 2. The molecule has 1 fully saturated rings. The van der Waals surface area contributed by atoms with Crippen LogP contribution in [0.25, 0.3) is 0 Å². The SMILES string of the molecule is CC[C@H](C)[C@@H]([C@H](C)CC(=O)N1CCC[C@H]1[C@H](OC)[C@@H](C)C(=O)NC(C)[C@@H](O)c1ccccc1)N(C)C(=O)[C@@H](NC(=O)[C@H](C(C)C)N(C)C(=O)OCc1ccc(NC(=O)[C@H](CCCNC(N)=O)NC(=O)[C@@H](NC(=O)CON)C(C)C)cc1)C(C)C. The van der Waals surface area contributed by atoms with Crippen LogP contribution in [0.5, 0.6) is 0 Å². The standard InChI is InChI=1S/C60H97N11O13/c1-15-37(8)51(38(9)31-47(73)71-30-20-24-45(71)53(82-14)39(10)54(75)64-40(11)52(74)42-21-17-16-18-22-42)69(12)58(79)49(35(4)5)68-57(78)50(36(6)7)70(13)60(81)83-32-41-25-27-43(28-26-41)65-55(76)44(23-19-29-63-59(61)80)66-56(77)48(34(2)3)67-46(72)33-84-62/h16-18,21-22,25-28,34-40,44-45,48-53,74H,15,19-20,23-24,29-33,62H2,1-14H3,(H,64,75)(H,65,76)(H,66,77)(H,67,72)(H,68,78)(H3,61,63,80)/t37-,38+,39+,40?,44-,45-,48-,49-,50-,51-,52+,53+/m0/s1. The highest BCUT2D eigenvalue weighted by molar-refractivity contribution is 5.98. The van der Waals surface area contributed by atoms with Gasteiger partial charge < -0.3 is 62.0 Å². The second-order valence-electron chi connectivity index (χ2n) is 23.3. The van der Waals surface area contributed by atoms with Crippen molar-refractivity contribution in [2.24, 2.45) is 47.1 Å². The number of hydrogen-bond donors (Lipinski definition) is 9. The minimum absolute atomic E-state index is 0.0482. The number of aliphatic hydroxyl groups excluding tert-OH is 1. The highest BCUT2D eigenvalue weighted by atomic mass is 16.6. The van der Waals surface area contributed by atoms with Gasteiger partial charge >= 0.3 is 12.1 Å². The Morgan fingerprint density at radius 3 is 1.94 bits per heavy atom. The summed E-state index contributed by atoms with van der Waals surface area (Å²) in [5, 5.41) is 27.3. The molecule has 1 heterocycles. The van der Waals surface area contributed by atoms with Crippen molar-refractivity contribution in [1.82, 2.24) is 41.3 Å². The topological polar surface area (TPSA) is 335 Å². The van der Waals surface area contributed by atoms with Gasteiger partial charge in [0.15, 0.2) is 0 Å². The molecule has 0 radical (unpaired) electrons. The largest absolute Gasteiger partial charge is 0.445 e. The second kappa shape index (κ2) is 34.8. The number of urea groups is 1. The zero-order chi connectivity index (χ0) is 63.1. The van der Waals surface area contributed by atoms with Gasteiger partial charge in [-0.15, -0.1) is 0 Å². The van der Waals surface area contributed by atoms with E-state index in [1.54, 1.807) is 94.8 Å². The van der Waals surface area contributed by atoms with E-state index in [9.17, 15) is 48.3 Å².